The van der Waals surface area contributed by atoms with E-state index >= 15 is 0 Å². The molecule has 2 heterocycles. The fraction of sp³-hybridized carbons (Fsp3) is 0.571. The third-order valence-electron chi connectivity index (χ3n) is 3.43. The van der Waals surface area contributed by atoms with E-state index in [1.165, 1.54) is 18.4 Å². The molecule has 1 aliphatic heterocycles. The summed E-state index contributed by atoms with van der Waals surface area (Å²) < 4.78 is 4.66. The molecule has 1 aliphatic rings. The van der Waals surface area contributed by atoms with Gasteiger partial charge in [-0.25, -0.2) is 4.79 Å². The zero-order chi connectivity index (χ0) is 15.5. The van der Waals surface area contributed by atoms with Crippen LogP contribution < -0.4 is 5.32 Å². The van der Waals surface area contributed by atoms with E-state index in [4.69, 9.17) is 0 Å². The minimum Gasteiger partial charge on any atom is -0.465 e. The number of carbonyl (C=O) groups is 2. The summed E-state index contributed by atoms with van der Waals surface area (Å²) >= 11 is 1.23. The number of hydrogen-bond acceptors (Lipinski definition) is 6. The summed E-state index contributed by atoms with van der Waals surface area (Å²) in [5.41, 5.74) is -0.171. The first-order valence-corrected chi connectivity index (χ1v) is 7.76. The number of esters is 1. The molecule has 1 aromatic heterocycles. The van der Waals surface area contributed by atoms with E-state index in [2.05, 4.69) is 10.1 Å². The first-order chi connectivity index (χ1) is 9.97. The molecular formula is C14H20N2O4S. The molecule has 2 rings (SSSR count). The molecule has 0 aromatic carbocycles. The van der Waals surface area contributed by atoms with Crippen molar-refractivity contribution in [1.82, 2.24) is 4.90 Å². The Bertz CT molecular complexity index is 523. The number of methoxy groups -OCH3 is 1. The van der Waals surface area contributed by atoms with Gasteiger partial charge >= 0.3 is 5.97 Å². The van der Waals surface area contributed by atoms with E-state index in [0.717, 1.165) is 12.8 Å². The van der Waals surface area contributed by atoms with Crippen molar-refractivity contribution in [3.63, 3.8) is 0 Å². The van der Waals surface area contributed by atoms with Gasteiger partial charge in [0.25, 0.3) is 0 Å². The maximum atomic E-state index is 12.0. The molecule has 6 nitrogen and oxygen atoms in total. The van der Waals surface area contributed by atoms with Crippen molar-refractivity contribution < 1.29 is 19.4 Å². The number of carbonyl (C=O) groups excluding carboxylic acids is 2. The molecule has 0 aliphatic carbocycles. The monoisotopic (exact) mass is 312 g/mol. The Labute approximate surface area is 127 Å². The molecule has 1 fully saturated rings. The molecule has 0 spiro atoms. The van der Waals surface area contributed by atoms with Crippen LogP contribution in [0, 0.1) is 0 Å². The lowest BCUT2D eigenvalue weighted by Crippen LogP contribution is -2.62. The van der Waals surface area contributed by atoms with Crippen molar-refractivity contribution in [1.29, 1.82) is 0 Å². The number of anilines is 1. The predicted octanol–water partition coefficient (Wildman–Crippen LogP) is 1.32. The Balaban J connectivity index is 1.84. The first kappa shape index (κ1) is 15.9. The van der Waals surface area contributed by atoms with Gasteiger partial charge in [0.2, 0.25) is 5.91 Å². The summed E-state index contributed by atoms with van der Waals surface area (Å²) in [7, 11) is 1.31. The van der Waals surface area contributed by atoms with Crippen molar-refractivity contribution in [2.75, 3.05) is 32.1 Å². The van der Waals surface area contributed by atoms with Crippen LogP contribution in [-0.2, 0) is 9.53 Å². The molecule has 21 heavy (non-hydrogen) atoms. The van der Waals surface area contributed by atoms with E-state index in [1.807, 2.05) is 11.8 Å². The van der Waals surface area contributed by atoms with E-state index in [9.17, 15) is 14.7 Å². The Kier molecular flexibility index (Phi) is 4.97. The van der Waals surface area contributed by atoms with Crippen molar-refractivity contribution in [3.05, 3.63) is 16.3 Å². The molecule has 1 saturated heterocycles. The molecule has 0 unspecified atom stereocenters. The van der Waals surface area contributed by atoms with Gasteiger partial charge in [-0.3, -0.25) is 9.69 Å². The summed E-state index contributed by atoms with van der Waals surface area (Å²) in [5.74, 6) is -0.654. The summed E-state index contributed by atoms with van der Waals surface area (Å²) in [6, 6.07) is 1.68. The van der Waals surface area contributed by atoms with Crippen LogP contribution in [-0.4, -0.2) is 54.2 Å². The second-order valence-electron chi connectivity index (χ2n) is 5.32. The van der Waals surface area contributed by atoms with Crippen LogP contribution in [0.2, 0.25) is 0 Å². The molecule has 1 aromatic rings. The van der Waals surface area contributed by atoms with Gasteiger partial charge in [0.1, 0.15) is 4.88 Å². The van der Waals surface area contributed by atoms with Crippen molar-refractivity contribution in [3.8, 4) is 0 Å². The van der Waals surface area contributed by atoms with Crippen LogP contribution in [0.4, 0.5) is 5.69 Å². The third kappa shape index (κ3) is 3.81. The minimum absolute atomic E-state index is 0.197. The normalized spacial score (nSPS) is 17.1. The maximum absolute atomic E-state index is 12.0. The zero-order valence-electron chi connectivity index (χ0n) is 12.2. The van der Waals surface area contributed by atoms with Crippen LogP contribution in [0.3, 0.4) is 0 Å². The highest BCUT2D eigenvalue weighted by Crippen LogP contribution is 2.26. The number of amides is 1. The number of nitrogens with one attached hydrogen (secondary N) is 1. The van der Waals surface area contributed by atoms with E-state index in [0.29, 0.717) is 23.7 Å². The third-order valence-corrected chi connectivity index (χ3v) is 4.32. The second kappa shape index (κ2) is 6.55. The fourth-order valence-electron chi connectivity index (χ4n) is 2.57. The summed E-state index contributed by atoms with van der Waals surface area (Å²) in [4.78, 5) is 25.8. The van der Waals surface area contributed by atoms with Crippen molar-refractivity contribution in [2.45, 2.75) is 25.4 Å². The Morgan fingerprint density at radius 2 is 2.24 bits per heavy atom. The number of thiophene rings is 1. The van der Waals surface area contributed by atoms with Crippen LogP contribution in [0.25, 0.3) is 0 Å². The van der Waals surface area contributed by atoms with Gasteiger partial charge in [0.15, 0.2) is 0 Å². The smallest absolute Gasteiger partial charge is 0.350 e. The SMILES string of the molecule is CCCC1(O)CN(CC(=O)Nc2ccsc2C(=O)OC)C1. The van der Waals surface area contributed by atoms with E-state index in [-0.39, 0.29) is 12.5 Å². The Morgan fingerprint density at radius 1 is 1.52 bits per heavy atom. The summed E-state index contributed by atoms with van der Waals surface area (Å²) in [6.45, 7) is 3.27. The second-order valence-corrected chi connectivity index (χ2v) is 6.24. The van der Waals surface area contributed by atoms with Crippen LogP contribution in [0.5, 0.6) is 0 Å². The van der Waals surface area contributed by atoms with Gasteiger partial charge in [0, 0.05) is 13.1 Å². The van der Waals surface area contributed by atoms with Gasteiger partial charge in [-0.1, -0.05) is 13.3 Å². The van der Waals surface area contributed by atoms with E-state index in [1.54, 1.807) is 11.4 Å². The molecule has 0 saturated carbocycles. The quantitative estimate of drug-likeness (QED) is 0.775. The molecule has 1 amide bonds. The molecule has 116 valence electrons. The lowest BCUT2D eigenvalue weighted by atomic mass is 9.89. The van der Waals surface area contributed by atoms with Gasteiger partial charge in [-0.05, 0) is 17.9 Å². The molecular weight excluding hydrogens is 292 g/mol. The Morgan fingerprint density at radius 3 is 2.86 bits per heavy atom. The number of aliphatic hydroxyl groups is 1. The highest BCUT2D eigenvalue weighted by molar-refractivity contribution is 7.12. The predicted molar refractivity (Wildman–Crippen MR) is 80.6 cm³/mol. The average Bonchev–Trinajstić information content (AvgIpc) is 2.84. The van der Waals surface area contributed by atoms with Crippen molar-refractivity contribution >= 4 is 28.9 Å². The average molecular weight is 312 g/mol. The summed E-state index contributed by atoms with van der Waals surface area (Å²) in [5, 5.41) is 14.5. The zero-order valence-corrected chi connectivity index (χ0v) is 13.0. The highest BCUT2D eigenvalue weighted by atomic mass is 32.1. The lowest BCUT2D eigenvalue weighted by Gasteiger charge is -2.46. The molecule has 0 radical (unpaired) electrons. The molecule has 0 atom stereocenters. The number of rotatable bonds is 6. The van der Waals surface area contributed by atoms with Gasteiger partial charge < -0.3 is 15.2 Å². The lowest BCUT2D eigenvalue weighted by molar-refractivity contribution is -0.129. The number of β-amino-alcohol motifs (C(OH)–C–C–N with tert-alkyl or cyclic N) is 1. The number of ether oxygens (including phenoxy) is 1. The maximum Gasteiger partial charge on any atom is 0.350 e. The highest BCUT2D eigenvalue weighted by Gasteiger charge is 2.40. The van der Waals surface area contributed by atoms with Gasteiger partial charge in [-0.2, -0.15) is 0 Å². The largest absolute Gasteiger partial charge is 0.465 e. The number of hydrogen-bond donors (Lipinski definition) is 2. The van der Waals surface area contributed by atoms with Crippen molar-refractivity contribution in [2.24, 2.45) is 0 Å². The van der Waals surface area contributed by atoms with Crippen LogP contribution >= 0.6 is 11.3 Å². The molecule has 0 bridgehead atoms. The fourth-order valence-corrected chi connectivity index (χ4v) is 3.34. The Hall–Kier alpha value is -1.44. The summed E-state index contributed by atoms with van der Waals surface area (Å²) in [6.07, 6.45) is 1.68. The number of likely N-dealkylation sites (tertiary alicyclic amines) is 1. The van der Waals surface area contributed by atoms with Gasteiger partial charge in [0.05, 0.1) is 24.9 Å². The van der Waals surface area contributed by atoms with Gasteiger partial charge in [-0.15, -0.1) is 11.3 Å². The molecule has 7 heteroatoms. The number of nitrogens with zero attached hydrogens (tertiary/aromatic N) is 1. The topological polar surface area (TPSA) is 78.9 Å². The first-order valence-electron chi connectivity index (χ1n) is 6.88. The standard InChI is InChI=1S/C14H20N2O4S/c1-3-5-14(19)8-16(9-14)7-11(17)15-10-4-6-21-12(10)13(18)20-2/h4,6,19H,3,5,7-9H2,1-2H3,(H,15,17). The molecule has 2 N–H and O–H groups in total. The van der Waals surface area contributed by atoms with E-state index < -0.39 is 11.6 Å². The van der Waals surface area contributed by atoms with Crippen LogP contribution in [0.15, 0.2) is 11.4 Å². The van der Waals surface area contributed by atoms with Crippen LogP contribution in [0.1, 0.15) is 29.4 Å². The minimum atomic E-state index is -0.644.